The highest BCUT2D eigenvalue weighted by Crippen LogP contribution is 2.21. The number of hydrogen-bond donors (Lipinski definition) is 3. The summed E-state index contributed by atoms with van der Waals surface area (Å²) >= 11 is 0. The van der Waals surface area contributed by atoms with Crippen LogP contribution >= 0.6 is 0 Å². The maximum atomic E-state index is 11.8. The van der Waals surface area contributed by atoms with Crippen molar-refractivity contribution < 1.29 is 19.4 Å². The second-order valence-electron chi connectivity index (χ2n) is 6.86. The highest BCUT2D eigenvalue weighted by molar-refractivity contribution is 5.96. The van der Waals surface area contributed by atoms with E-state index in [9.17, 15) is 14.7 Å². The first-order chi connectivity index (χ1) is 14.4. The lowest BCUT2D eigenvalue weighted by molar-refractivity contribution is -0.133. The van der Waals surface area contributed by atoms with E-state index in [0.29, 0.717) is 42.3 Å². The summed E-state index contributed by atoms with van der Waals surface area (Å²) in [7, 11) is 3.21. The fourth-order valence-electron chi connectivity index (χ4n) is 3.05. The Labute approximate surface area is 174 Å². The van der Waals surface area contributed by atoms with Gasteiger partial charge in [-0.25, -0.2) is 9.97 Å². The van der Waals surface area contributed by atoms with E-state index in [1.54, 1.807) is 38.4 Å². The maximum Gasteiger partial charge on any atom is 0.269 e. The van der Waals surface area contributed by atoms with E-state index in [0.717, 1.165) is 0 Å². The number of carbonyl (C=O) groups is 2. The summed E-state index contributed by atoms with van der Waals surface area (Å²) < 4.78 is 4.98. The van der Waals surface area contributed by atoms with Gasteiger partial charge in [0.2, 0.25) is 0 Å². The number of rotatable bonds is 6. The van der Waals surface area contributed by atoms with Gasteiger partial charge >= 0.3 is 0 Å². The van der Waals surface area contributed by atoms with Crippen LogP contribution in [0.15, 0.2) is 30.5 Å². The summed E-state index contributed by atoms with van der Waals surface area (Å²) in [6.07, 6.45) is 0.401. The number of likely N-dealkylation sites (tertiary alicyclic amines) is 1. The molecule has 9 nitrogen and oxygen atoms in total. The first kappa shape index (κ1) is 21.2. The van der Waals surface area contributed by atoms with E-state index in [1.165, 1.54) is 11.1 Å². The summed E-state index contributed by atoms with van der Waals surface area (Å²) in [4.78, 5) is 33.6. The van der Waals surface area contributed by atoms with Gasteiger partial charge in [0, 0.05) is 38.4 Å². The Morgan fingerprint density at radius 1 is 1.47 bits per heavy atom. The van der Waals surface area contributed by atoms with Gasteiger partial charge in [-0.1, -0.05) is 24.0 Å². The number of nitrogens with zero attached hydrogens (tertiary/aromatic N) is 3. The average molecular weight is 409 g/mol. The molecule has 2 amide bonds. The molecule has 1 saturated heterocycles. The van der Waals surface area contributed by atoms with Gasteiger partial charge in [0.25, 0.3) is 11.8 Å². The van der Waals surface area contributed by atoms with E-state index < -0.39 is 17.9 Å². The number of aliphatic hydroxyl groups is 1. The summed E-state index contributed by atoms with van der Waals surface area (Å²) in [5.41, 5.74) is 7.32. The second kappa shape index (κ2) is 9.35. The van der Waals surface area contributed by atoms with Crippen molar-refractivity contribution in [1.29, 1.82) is 0 Å². The summed E-state index contributed by atoms with van der Waals surface area (Å²) in [5.74, 6) is 4.84. The number of likely N-dealkylation sites (N-methyl/N-ethyl adjacent to an activating group) is 1. The Balaban J connectivity index is 1.84. The van der Waals surface area contributed by atoms with Crippen LogP contribution in [0, 0.1) is 17.8 Å². The molecule has 30 heavy (non-hydrogen) atoms. The minimum absolute atomic E-state index is 0.0863. The number of primary amides is 1. The summed E-state index contributed by atoms with van der Waals surface area (Å²) in [5, 5.41) is 13.0. The Hall–Kier alpha value is -3.48. The standard InChI is InChI=1S/C21H23N5O4/c1-26-12-15(18(27)21(26)29)7-6-13-4-3-5-14(10-13)20-24-11-16(23-8-9-30-2)17(25-20)19(22)28/h3-5,10-11,15,18,23,27H,8-9,12H2,1-2H3,(H2,22,28)/t15-,18+/m1/s1. The lowest BCUT2D eigenvalue weighted by Gasteiger charge is -2.10. The molecular formula is C21H23N5O4. The molecule has 9 heteroatoms. The van der Waals surface area contributed by atoms with Gasteiger partial charge in [-0.2, -0.15) is 0 Å². The minimum atomic E-state index is -1.11. The smallest absolute Gasteiger partial charge is 0.269 e. The van der Waals surface area contributed by atoms with Crippen molar-refractivity contribution in [2.45, 2.75) is 6.10 Å². The number of carbonyl (C=O) groups excluding carboxylic acids is 2. The topological polar surface area (TPSA) is 131 Å². The second-order valence-corrected chi connectivity index (χ2v) is 6.86. The third-order valence-electron chi connectivity index (χ3n) is 4.65. The van der Waals surface area contributed by atoms with Crippen molar-refractivity contribution in [1.82, 2.24) is 14.9 Å². The SMILES string of the molecule is COCCNc1cnc(-c2cccc(C#C[C@@H]3CN(C)C(=O)[C@H]3O)c2)nc1C(N)=O. The fraction of sp³-hybridized carbons (Fsp3) is 0.333. The van der Waals surface area contributed by atoms with Crippen molar-refractivity contribution >= 4 is 17.5 Å². The Morgan fingerprint density at radius 2 is 2.27 bits per heavy atom. The quantitative estimate of drug-likeness (QED) is 0.456. The molecule has 1 fully saturated rings. The molecule has 4 N–H and O–H groups in total. The van der Waals surface area contributed by atoms with Crippen molar-refractivity contribution in [3.05, 3.63) is 41.7 Å². The molecule has 0 unspecified atom stereocenters. The molecule has 0 bridgehead atoms. The van der Waals surface area contributed by atoms with E-state index in [-0.39, 0.29) is 11.6 Å². The van der Waals surface area contributed by atoms with Crippen molar-refractivity contribution in [3.8, 4) is 23.2 Å². The zero-order valence-electron chi connectivity index (χ0n) is 16.8. The Morgan fingerprint density at radius 3 is 2.93 bits per heavy atom. The van der Waals surface area contributed by atoms with Crippen LogP contribution in [0.1, 0.15) is 16.1 Å². The molecule has 0 aliphatic carbocycles. The van der Waals surface area contributed by atoms with Gasteiger partial charge in [0.1, 0.15) is 6.10 Å². The van der Waals surface area contributed by atoms with Gasteiger partial charge in [-0.3, -0.25) is 9.59 Å². The summed E-state index contributed by atoms with van der Waals surface area (Å²) in [6, 6.07) is 7.17. The van der Waals surface area contributed by atoms with Gasteiger partial charge in [-0.05, 0) is 12.1 Å². The van der Waals surface area contributed by atoms with Gasteiger partial charge in [0.05, 0.1) is 24.4 Å². The molecule has 1 aliphatic rings. The van der Waals surface area contributed by atoms with Gasteiger partial charge in [-0.15, -0.1) is 0 Å². The number of nitrogens with two attached hydrogens (primary N) is 1. The number of anilines is 1. The zero-order chi connectivity index (χ0) is 21.7. The number of aliphatic hydroxyl groups excluding tert-OH is 1. The van der Waals surface area contributed by atoms with E-state index in [2.05, 4.69) is 27.1 Å². The highest BCUT2D eigenvalue weighted by Gasteiger charge is 2.35. The minimum Gasteiger partial charge on any atom is -0.383 e. The number of aromatic nitrogens is 2. The van der Waals surface area contributed by atoms with Crippen LogP contribution in [-0.4, -0.2) is 71.7 Å². The third-order valence-corrected chi connectivity index (χ3v) is 4.65. The predicted octanol–water partition coefficient (Wildman–Crippen LogP) is 0.101. The van der Waals surface area contributed by atoms with E-state index >= 15 is 0 Å². The number of ether oxygens (including phenoxy) is 1. The molecule has 3 rings (SSSR count). The van der Waals surface area contributed by atoms with Crippen LogP contribution < -0.4 is 11.1 Å². The maximum absolute atomic E-state index is 11.8. The molecule has 0 radical (unpaired) electrons. The molecule has 0 saturated carbocycles. The lowest BCUT2D eigenvalue weighted by atomic mass is 10.1. The number of hydrogen-bond acceptors (Lipinski definition) is 7. The molecule has 1 aliphatic heterocycles. The van der Waals surface area contributed by atoms with Gasteiger partial charge in [0.15, 0.2) is 11.5 Å². The van der Waals surface area contributed by atoms with E-state index in [4.69, 9.17) is 10.5 Å². The largest absolute Gasteiger partial charge is 0.383 e. The molecule has 1 aromatic carbocycles. The van der Waals surface area contributed by atoms with E-state index in [1.807, 2.05) is 0 Å². The number of methoxy groups -OCH3 is 1. The van der Waals surface area contributed by atoms with Crippen molar-refractivity contribution in [2.24, 2.45) is 11.7 Å². The van der Waals surface area contributed by atoms with Crippen LogP contribution in [0.2, 0.25) is 0 Å². The van der Waals surface area contributed by atoms with Crippen LogP contribution in [0.3, 0.4) is 0 Å². The first-order valence-corrected chi connectivity index (χ1v) is 9.35. The first-order valence-electron chi connectivity index (χ1n) is 9.35. The van der Waals surface area contributed by atoms with Gasteiger partial charge < -0.3 is 25.8 Å². The third kappa shape index (κ3) is 4.74. The average Bonchev–Trinajstić information content (AvgIpc) is 2.99. The molecule has 2 heterocycles. The molecule has 2 aromatic rings. The number of benzene rings is 1. The molecule has 1 aromatic heterocycles. The summed E-state index contributed by atoms with van der Waals surface area (Å²) in [6.45, 7) is 1.32. The fourth-order valence-corrected chi connectivity index (χ4v) is 3.05. The predicted molar refractivity (Wildman–Crippen MR) is 110 cm³/mol. The highest BCUT2D eigenvalue weighted by atomic mass is 16.5. The molecular weight excluding hydrogens is 386 g/mol. The van der Waals surface area contributed by atoms with Crippen LogP contribution in [-0.2, 0) is 9.53 Å². The van der Waals surface area contributed by atoms with Crippen molar-refractivity contribution in [3.63, 3.8) is 0 Å². The molecule has 2 atom stereocenters. The molecule has 0 spiro atoms. The Bertz CT molecular complexity index is 1010. The van der Waals surface area contributed by atoms with Crippen LogP contribution in [0.5, 0.6) is 0 Å². The lowest BCUT2D eigenvalue weighted by Crippen LogP contribution is -2.25. The normalized spacial score (nSPS) is 18.1. The van der Waals surface area contributed by atoms with Crippen molar-refractivity contribution in [2.75, 3.05) is 39.2 Å². The van der Waals surface area contributed by atoms with Crippen LogP contribution in [0.25, 0.3) is 11.4 Å². The zero-order valence-corrected chi connectivity index (χ0v) is 16.8. The molecule has 156 valence electrons. The number of amides is 2. The Kier molecular flexibility index (Phi) is 6.61. The monoisotopic (exact) mass is 409 g/mol. The number of nitrogens with one attached hydrogen (secondary N) is 1. The van der Waals surface area contributed by atoms with Crippen LogP contribution in [0.4, 0.5) is 5.69 Å².